The molecule has 1 aromatic heterocycles. The fourth-order valence-electron chi connectivity index (χ4n) is 1.97. The fraction of sp³-hybridized carbons (Fsp3) is 0.583. The first-order valence-corrected chi connectivity index (χ1v) is 5.63. The molecule has 0 amide bonds. The zero-order valence-corrected chi connectivity index (χ0v) is 8.98. The highest BCUT2D eigenvalue weighted by Crippen LogP contribution is 2.25. The van der Waals surface area contributed by atoms with Gasteiger partial charge < -0.3 is 10.5 Å². The summed E-state index contributed by atoms with van der Waals surface area (Å²) in [5, 5.41) is 0. The number of hydrogen-bond acceptors (Lipinski definition) is 3. The van der Waals surface area contributed by atoms with Crippen molar-refractivity contribution in [1.29, 1.82) is 0 Å². The maximum Gasteiger partial charge on any atom is 0.0535 e. The molecule has 2 heterocycles. The van der Waals surface area contributed by atoms with Gasteiger partial charge >= 0.3 is 0 Å². The number of hydrogen-bond donors (Lipinski definition) is 1. The second-order valence-corrected chi connectivity index (χ2v) is 4.03. The molecule has 0 radical (unpaired) electrons. The molecular formula is C12H18N2O. The quantitative estimate of drug-likeness (QED) is 0.811. The third kappa shape index (κ3) is 2.76. The summed E-state index contributed by atoms with van der Waals surface area (Å²) >= 11 is 0. The van der Waals surface area contributed by atoms with E-state index in [1.165, 1.54) is 5.56 Å². The largest absolute Gasteiger partial charge is 0.381 e. The van der Waals surface area contributed by atoms with Crippen molar-refractivity contribution in [2.75, 3.05) is 19.8 Å². The maximum atomic E-state index is 5.49. The Bertz CT molecular complexity index is 308. The van der Waals surface area contributed by atoms with Crippen LogP contribution in [0.3, 0.4) is 0 Å². The van der Waals surface area contributed by atoms with Crippen LogP contribution in [0.15, 0.2) is 18.3 Å². The van der Waals surface area contributed by atoms with Crippen LogP contribution in [-0.4, -0.2) is 24.7 Å². The van der Waals surface area contributed by atoms with Gasteiger partial charge in [-0.2, -0.15) is 0 Å². The third-order valence-corrected chi connectivity index (χ3v) is 2.88. The molecule has 82 valence electrons. The minimum Gasteiger partial charge on any atom is -0.381 e. The summed E-state index contributed by atoms with van der Waals surface area (Å²) in [5.74, 6) is 0.574. The van der Waals surface area contributed by atoms with Gasteiger partial charge in [-0.05, 0) is 43.5 Å². The number of nitrogens with two attached hydrogens (primary N) is 1. The average Bonchev–Trinajstić information content (AvgIpc) is 2.80. The molecule has 1 aliphatic rings. The lowest BCUT2D eigenvalue weighted by atomic mass is 9.98. The molecule has 0 spiro atoms. The SMILES string of the molecule is NCCCc1cc(C2CCOC2)ccn1. The van der Waals surface area contributed by atoms with Crippen LogP contribution in [0.25, 0.3) is 0 Å². The average molecular weight is 206 g/mol. The van der Waals surface area contributed by atoms with Gasteiger partial charge in [-0.3, -0.25) is 4.98 Å². The predicted octanol–water partition coefficient (Wildman–Crippen LogP) is 1.48. The summed E-state index contributed by atoms with van der Waals surface area (Å²) in [7, 11) is 0. The van der Waals surface area contributed by atoms with E-state index in [4.69, 9.17) is 10.5 Å². The first kappa shape index (κ1) is 10.6. The molecule has 15 heavy (non-hydrogen) atoms. The van der Waals surface area contributed by atoms with Gasteiger partial charge in [0.2, 0.25) is 0 Å². The molecule has 3 heteroatoms. The van der Waals surface area contributed by atoms with Crippen molar-refractivity contribution in [1.82, 2.24) is 4.98 Å². The summed E-state index contributed by atoms with van der Waals surface area (Å²) in [6.45, 7) is 2.49. The second-order valence-electron chi connectivity index (χ2n) is 4.03. The molecule has 1 atom stereocenters. The Hall–Kier alpha value is -0.930. The van der Waals surface area contributed by atoms with Crippen LogP contribution < -0.4 is 5.73 Å². The molecule has 1 saturated heterocycles. The Morgan fingerprint density at radius 1 is 1.53 bits per heavy atom. The maximum absolute atomic E-state index is 5.49. The van der Waals surface area contributed by atoms with E-state index in [0.29, 0.717) is 5.92 Å². The van der Waals surface area contributed by atoms with E-state index >= 15 is 0 Å². The standard InChI is InChI=1S/C12H18N2O/c13-5-1-2-12-8-10(3-6-14-12)11-4-7-15-9-11/h3,6,8,11H,1-2,4-5,7,9,13H2. The molecular weight excluding hydrogens is 188 g/mol. The molecule has 2 rings (SSSR count). The highest BCUT2D eigenvalue weighted by molar-refractivity contribution is 5.21. The normalized spacial score (nSPS) is 20.7. The van der Waals surface area contributed by atoms with Crippen LogP contribution in [0.4, 0.5) is 0 Å². The molecule has 3 nitrogen and oxygen atoms in total. The minimum absolute atomic E-state index is 0.574. The molecule has 2 N–H and O–H groups in total. The van der Waals surface area contributed by atoms with Crippen LogP contribution in [0, 0.1) is 0 Å². The van der Waals surface area contributed by atoms with E-state index in [9.17, 15) is 0 Å². The minimum atomic E-state index is 0.574. The van der Waals surface area contributed by atoms with Gasteiger partial charge in [0.1, 0.15) is 0 Å². The van der Waals surface area contributed by atoms with Crippen molar-refractivity contribution in [3.05, 3.63) is 29.6 Å². The van der Waals surface area contributed by atoms with Crippen molar-refractivity contribution in [3.63, 3.8) is 0 Å². The number of pyridine rings is 1. The second kappa shape index (κ2) is 5.24. The van der Waals surface area contributed by atoms with E-state index in [0.717, 1.165) is 44.7 Å². The molecule has 1 aliphatic heterocycles. The predicted molar refractivity (Wildman–Crippen MR) is 59.8 cm³/mol. The van der Waals surface area contributed by atoms with Crippen LogP contribution in [0.5, 0.6) is 0 Å². The third-order valence-electron chi connectivity index (χ3n) is 2.88. The molecule has 1 unspecified atom stereocenters. The Balaban J connectivity index is 2.04. The van der Waals surface area contributed by atoms with Gasteiger partial charge in [-0.15, -0.1) is 0 Å². The van der Waals surface area contributed by atoms with E-state index in [1.807, 2.05) is 6.20 Å². The number of aromatic nitrogens is 1. The Kier molecular flexibility index (Phi) is 3.69. The summed E-state index contributed by atoms with van der Waals surface area (Å²) < 4.78 is 5.39. The lowest BCUT2D eigenvalue weighted by Gasteiger charge is -2.09. The van der Waals surface area contributed by atoms with Gasteiger partial charge in [0.15, 0.2) is 0 Å². The molecule has 0 aliphatic carbocycles. The summed E-state index contributed by atoms with van der Waals surface area (Å²) in [6, 6.07) is 4.31. The van der Waals surface area contributed by atoms with E-state index in [1.54, 1.807) is 0 Å². The van der Waals surface area contributed by atoms with Gasteiger partial charge in [0, 0.05) is 24.4 Å². The van der Waals surface area contributed by atoms with Crippen molar-refractivity contribution in [3.8, 4) is 0 Å². The first-order valence-electron chi connectivity index (χ1n) is 5.63. The van der Waals surface area contributed by atoms with E-state index < -0.39 is 0 Å². The van der Waals surface area contributed by atoms with Crippen molar-refractivity contribution in [2.24, 2.45) is 5.73 Å². The molecule has 1 aromatic rings. The van der Waals surface area contributed by atoms with Gasteiger partial charge in [0.05, 0.1) is 6.61 Å². The van der Waals surface area contributed by atoms with Crippen LogP contribution in [0.2, 0.25) is 0 Å². The van der Waals surface area contributed by atoms with Gasteiger partial charge in [0.25, 0.3) is 0 Å². The Morgan fingerprint density at radius 2 is 2.47 bits per heavy atom. The summed E-state index contributed by atoms with van der Waals surface area (Å²) in [4.78, 5) is 4.35. The van der Waals surface area contributed by atoms with Crippen molar-refractivity contribution < 1.29 is 4.74 Å². The van der Waals surface area contributed by atoms with Crippen LogP contribution in [0.1, 0.15) is 30.0 Å². The van der Waals surface area contributed by atoms with Gasteiger partial charge in [-0.25, -0.2) is 0 Å². The number of ether oxygens (including phenoxy) is 1. The number of nitrogens with zero attached hydrogens (tertiary/aromatic N) is 1. The topological polar surface area (TPSA) is 48.1 Å². The van der Waals surface area contributed by atoms with Gasteiger partial charge in [-0.1, -0.05) is 0 Å². The first-order chi connectivity index (χ1) is 7.40. The smallest absolute Gasteiger partial charge is 0.0535 e. The molecule has 0 saturated carbocycles. The molecule has 1 fully saturated rings. The highest BCUT2D eigenvalue weighted by atomic mass is 16.5. The van der Waals surface area contributed by atoms with E-state index in [2.05, 4.69) is 17.1 Å². The fourth-order valence-corrected chi connectivity index (χ4v) is 1.97. The monoisotopic (exact) mass is 206 g/mol. The van der Waals surface area contributed by atoms with E-state index in [-0.39, 0.29) is 0 Å². The molecule has 0 aromatic carbocycles. The number of aryl methyl sites for hydroxylation is 1. The van der Waals surface area contributed by atoms with Crippen LogP contribution >= 0.6 is 0 Å². The number of rotatable bonds is 4. The lowest BCUT2D eigenvalue weighted by molar-refractivity contribution is 0.194. The molecule has 0 bridgehead atoms. The summed E-state index contributed by atoms with van der Waals surface area (Å²) in [5.41, 5.74) is 8.02. The zero-order chi connectivity index (χ0) is 10.5. The van der Waals surface area contributed by atoms with Crippen molar-refractivity contribution >= 4 is 0 Å². The Morgan fingerprint density at radius 3 is 3.20 bits per heavy atom. The zero-order valence-electron chi connectivity index (χ0n) is 8.98. The lowest BCUT2D eigenvalue weighted by Crippen LogP contribution is -2.03. The van der Waals surface area contributed by atoms with Crippen LogP contribution in [-0.2, 0) is 11.2 Å². The van der Waals surface area contributed by atoms with Crippen molar-refractivity contribution in [2.45, 2.75) is 25.2 Å². The highest BCUT2D eigenvalue weighted by Gasteiger charge is 2.17. The Labute approximate surface area is 90.7 Å². The summed E-state index contributed by atoms with van der Waals surface area (Å²) in [6.07, 6.45) is 5.04.